The number of para-hydroxylation sites is 1. The third-order valence-corrected chi connectivity index (χ3v) is 6.00. The molecule has 5 rings (SSSR count). The number of benzene rings is 2. The highest BCUT2D eigenvalue weighted by molar-refractivity contribution is 6.33. The normalized spacial score (nSPS) is 13.0. The van der Waals surface area contributed by atoms with Crippen LogP contribution in [0.5, 0.6) is 0 Å². The molecular formula is C24H21ClFN7O. The molecular weight excluding hydrogens is 457 g/mol. The first-order chi connectivity index (χ1) is 16.4. The Hall–Kier alpha value is -3.98. The summed E-state index contributed by atoms with van der Waals surface area (Å²) >= 11 is 6.11. The van der Waals surface area contributed by atoms with E-state index in [4.69, 9.17) is 11.6 Å². The largest absolute Gasteiger partial charge is 0.369 e. The summed E-state index contributed by atoms with van der Waals surface area (Å²) in [5, 5.41) is 9.03. The van der Waals surface area contributed by atoms with E-state index in [1.54, 1.807) is 43.6 Å². The topological polar surface area (TPSA) is 96.2 Å². The van der Waals surface area contributed by atoms with Crippen molar-refractivity contribution in [1.29, 1.82) is 0 Å². The Labute approximate surface area is 199 Å². The number of nitrogens with one attached hydrogen (secondary N) is 3. The van der Waals surface area contributed by atoms with E-state index in [1.807, 2.05) is 13.0 Å². The first-order valence-electron chi connectivity index (χ1n) is 10.6. The lowest BCUT2D eigenvalue weighted by Gasteiger charge is -2.19. The summed E-state index contributed by atoms with van der Waals surface area (Å²) in [6.07, 6.45) is 1.73. The van der Waals surface area contributed by atoms with Gasteiger partial charge in [0.25, 0.3) is 0 Å². The number of hydrogen-bond acceptors (Lipinski definition) is 5. The maximum absolute atomic E-state index is 14.8. The number of carbonyl (C=O) groups is 1. The van der Waals surface area contributed by atoms with E-state index in [0.29, 0.717) is 16.3 Å². The van der Waals surface area contributed by atoms with Crippen LogP contribution in [-0.2, 0) is 6.54 Å². The molecule has 172 valence electrons. The molecule has 0 aliphatic carbocycles. The standard InChI is InChI=1S/C24H21ClFN7O/c1-13-9-18(26)20(31-24(34)30-19-6-4-3-5-17(19)25)11-15(13)16-10-14-12-29-23(27-2)32-21(14)33-8-7-28-22(16)33/h3-6,9-12,28H,7-8H2,1-2H3,(H2,30,31,34). The number of halogens is 2. The van der Waals surface area contributed by atoms with Gasteiger partial charge in [0.2, 0.25) is 5.62 Å². The quantitative estimate of drug-likeness (QED) is 0.396. The van der Waals surface area contributed by atoms with Crippen molar-refractivity contribution in [3.8, 4) is 22.5 Å². The number of amides is 2. The number of aryl methyl sites for hydroxylation is 1. The summed E-state index contributed by atoms with van der Waals surface area (Å²) in [4.78, 5) is 25.5. The fourth-order valence-electron chi connectivity index (χ4n) is 4.07. The second-order valence-corrected chi connectivity index (χ2v) is 8.27. The number of rotatable bonds is 3. The molecule has 3 aliphatic heterocycles. The van der Waals surface area contributed by atoms with E-state index >= 15 is 0 Å². The summed E-state index contributed by atoms with van der Waals surface area (Å²) in [5.74, 6) is 1.11. The van der Waals surface area contributed by atoms with Gasteiger partial charge in [0, 0.05) is 37.5 Å². The van der Waals surface area contributed by atoms with Gasteiger partial charge in [-0.15, -0.1) is 0 Å². The van der Waals surface area contributed by atoms with Crippen molar-refractivity contribution in [2.75, 3.05) is 29.5 Å². The van der Waals surface area contributed by atoms with Gasteiger partial charge in [0.05, 0.1) is 16.4 Å². The molecule has 3 heterocycles. The van der Waals surface area contributed by atoms with E-state index in [9.17, 15) is 9.18 Å². The van der Waals surface area contributed by atoms with E-state index in [2.05, 4.69) is 35.5 Å². The monoisotopic (exact) mass is 477 g/mol. The Morgan fingerprint density at radius 2 is 1.97 bits per heavy atom. The van der Waals surface area contributed by atoms with Crippen LogP contribution in [0.3, 0.4) is 0 Å². The van der Waals surface area contributed by atoms with Crippen molar-refractivity contribution in [2.24, 2.45) is 4.99 Å². The fourth-order valence-corrected chi connectivity index (χ4v) is 4.25. The zero-order chi connectivity index (χ0) is 23.8. The molecule has 10 heteroatoms. The predicted octanol–water partition coefficient (Wildman–Crippen LogP) is 4.75. The van der Waals surface area contributed by atoms with Gasteiger partial charge in [-0.2, -0.15) is 4.98 Å². The number of nitrogens with zero attached hydrogens (tertiary/aromatic N) is 4. The molecule has 0 fully saturated rings. The van der Waals surface area contributed by atoms with Crippen LogP contribution >= 0.6 is 11.6 Å². The van der Waals surface area contributed by atoms with Gasteiger partial charge in [-0.05, 0) is 48.4 Å². The third kappa shape index (κ3) is 3.94. The average molecular weight is 478 g/mol. The minimum Gasteiger partial charge on any atom is -0.369 e. The van der Waals surface area contributed by atoms with Crippen LogP contribution in [0.2, 0.25) is 5.02 Å². The first-order valence-corrected chi connectivity index (χ1v) is 11.0. The summed E-state index contributed by atoms with van der Waals surface area (Å²) < 4.78 is 16.9. The molecule has 3 N–H and O–H groups in total. The van der Waals surface area contributed by atoms with Crippen molar-refractivity contribution in [1.82, 2.24) is 14.5 Å². The average Bonchev–Trinajstić information content (AvgIpc) is 3.32. The van der Waals surface area contributed by atoms with E-state index in [-0.39, 0.29) is 5.69 Å². The number of aromatic nitrogens is 3. The SMILES string of the molecule is CN=c1ncc2cc(-c3cc(NC(=O)Nc4ccccc4Cl)c(F)cc3C)c3n(c-2n1)CCN3. The highest BCUT2D eigenvalue weighted by Gasteiger charge is 2.24. The van der Waals surface area contributed by atoms with Gasteiger partial charge in [0.1, 0.15) is 17.5 Å². The molecule has 2 aromatic carbocycles. The maximum atomic E-state index is 14.8. The van der Waals surface area contributed by atoms with Crippen LogP contribution in [0.15, 0.2) is 53.7 Å². The number of urea groups is 1. The number of fused-ring (bicyclic) bond motifs is 3. The number of carbonyl (C=O) groups excluding carboxylic acids is 1. The van der Waals surface area contributed by atoms with Gasteiger partial charge in [-0.1, -0.05) is 23.7 Å². The number of pyridine rings is 1. The van der Waals surface area contributed by atoms with E-state index in [0.717, 1.165) is 47.0 Å². The Balaban J connectivity index is 1.55. The Kier molecular flexibility index (Phi) is 5.62. The van der Waals surface area contributed by atoms with Gasteiger partial charge in [-0.25, -0.2) is 14.2 Å². The van der Waals surface area contributed by atoms with Crippen molar-refractivity contribution >= 4 is 34.8 Å². The molecule has 3 aliphatic rings. The Bertz CT molecular complexity index is 1470. The summed E-state index contributed by atoms with van der Waals surface area (Å²) in [6, 6.07) is 11.2. The number of anilines is 3. The highest BCUT2D eigenvalue weighted by Crippen LogP contribution is 2.39. The Morgan fingerprint density at radius 3 is 2.76 bits per heavy atom. The molecule has 0 radical (unpaired) electrons. The Morgan fingerprint density at radius 1 is 1.18 bits per heavy atom. The van der Waals surface area contributed by atoms with Crippen LogP contribution in [0.4, 0.5) is 26.4 Å². The van der Waals surface area contributed by atoms with Gasteiger partial charge < -0.3 is 20.5 Å². The van der Waals surface area contributed by atoms with E-state index in [1.165, 1.54) is 6.07 Å². The number of hydrogen-bond donors (Lipinski definition) is 3. The van der Waals surface area contributed by atoms with Crippen LogP contribution in [0.25, 0.3) is 22.5 Å². The van der Waals surface area contributed by atoms with Crippen LogP contribution in [0.1, 0.15) is 5.56 Å². The van der Waals surface area contributed by atoms with Gasteiger partial charge >= 0.3 is 6.03 Å². The minimum absolute atomic E-state index is 0.0541. The maximum Gasteiger partial charge on any atom is 0.323 e. The highest BCUT2D eigenvalue weighted by atomic mass is 35.5. The smallest absolute Gasteiger partial charge is 0.323 e. The second kappa shape index (κ2) is 8.75. The molecule has 8 nitrogen and oxygen atoms in total. The fraction of sp³-hybridized carbons (Fsp3) is 0.167. The predicted molar refractivity (Wildman–Crippen MR) is 131 cm³/mol. The molecule has 0 saturated carbocycles. The summed E-state index contributed by atoms with van der Waals surface area (Å²) in [5.41, 5.74) is 4.10. The summed E-state index contributed by atoms with van der Waals surface area (Å²) in [7, 11) is 1.65. The van der Waals surface area contributed by atoms with Crippen molar-refractivity contribution in [3.05, 3.63) is 70.7 Å². The zero-order valence-corrected chi connectivity index (χ0v) is 19.2. The first kappa shape index (κ1) is 21.8. The second-order valence-electron chi connectivity index (χ2n) is 7.86. The molecule has 0 aromatic heterocycles. The van der Waals surface area contributed by atoms with Crippen LogP contribution in [0, 0.1) is 12.7 Å². The van der Waals surface area contributed by atoms with Gasteiger partial charge in [0.15, 0.2) is 0 Å². The molecule has 0 spiro atoms. The van der Waals surface area contributed by atoms with Crippen LogP contribution < -0.4 is 21.6 Å². The van der Waals surface area contributed by atoms with Crippen molar-refractivity contribution < 1.29 is 9.18 Å². The molecule has 34 heavy (non-hydrogen) atoms. The molecule has 0 bridgehead atoms. The minimum atomic E-state index is -0.595. The third-order valence-electron chi connectivity index (χ3n) is 5.67. The molecule has 2 amide bonds. The van der Waals surface area contributed by atoms with Crippen molar-refractivity contribution in [2.45, 2.75) is 13.5 Å². The van der Waals surface area contributed by atoms with E-state index < -0.39 is 11.8 Å². The summed E-state index contributed by atoms with van der Waals surface area (Å²) in [6.45, 7) is 3.30. The molecule has 2 aromatic rings. The lowest BCUT2D eigenvalue weighted by molar-refractivity contribution is 0.262. The zero-order valence-electron chi connectivity index (χ0n) is 18.5. The van der Waals surface area contributed by atoms with Gasteiger partial charge in [-0.3, -0.25) is 4.99 Å². The van der Waals surface area contributed by atoms with Crippen molar-refractivity contribution in [3.63, 3.8) is 0 Å². The lowest BCUT2D eigenvalue weighted by atomic mass is 9.98. The molecule has 0 saturated heterocycles. The lowest BCUT2D eigenvalue weighted by Crippen LogP contribution is -2.20. The molecule has 0 unspecified atom stereocenters. The molecule has 0 atom stereocenters. The van der Waals surface area contributed by atoms with Crippen LogP contribution in [-0.4, -0.2) is 34.2 Å².